The third-order valence-electron chi connectivity index (χ3n) is 4.76. The molecule has 134 valence electrons. The van der Waals surface area contributed by atoms with E-state index in [0.29, 0.717) is 24.6 Å². The molecule has 0 bridgehead atoms. The molecule has 2 rings (SSSR count). The highest BCUT2D eigenvalue weighted by Crippen LogP contribution is 2.23. The minimum Gasteiger partial charge on any atom is -0.340 e. The molecule has 2 heterocycles. The standard InChI is InChI=1S/C18H30N4O2/c1-5-8-12-20(4)17(23)15-14-11-9-10-13-22(14)16(19-15)18(24)21(6-2)7-3/h5-13H2,1-4H3. The average Bonchev–Trinajstić information content (AvgIpc) is 2.99. The smallest absolute Gasteiger partial charge is 0.289 e. The van der Waals surface area contributed by atoms with Crippen molar-refractivity contribution in [2.45, 2.75) is 59.4 Å². The second kappa shape index (κ2) is 8.31. The van der Waals surface area contributed by atoms with Gasteiger partial charge in [0.25, 0.3) is 11.8 Å². The van der Waals surface area contributed by atoms with Gasteiger partial charge in [-0.25, -0.2) is 4.98 Å². The van der Waals surface area contributed by atoms with E-state index >= 15 is 0 Å². The summed E-state index contributed by atoms with van der Waals surface area (Å²) >= 11 is 0. The molecule has 1 aliphatic rings. The number of unbranched alkanes of at least 4 members (excludes halogenated alkanes) is 1. The summed E-state index contributed by atoms with van der Waals surface area (Å²) in [5.74, 6) is 0.298. The monoisotopic (exact) mass is 334 g/mol. The summed E-state index contributed by atoms with van der Waals surface area (Å²) in [6.07, 6.45) is 4.92. The third kappa shape index (κ3) is 3.62. The van der Waals surface area contributed by atoms with Crippen LogP contribution in [0.4, 0.5) is 0 Å². The first-order chi connectivity index (χ1) is 11.5. The molecule has 1 aromatic rings. The molecule has 0 aromatic carbocycles. The van der Waals surface area contributed by atoms with Crippen LogP contribution in [0.2, 0.25) is 0 Å². The van der Waals surface area contributed by atoms with Crippen molar-refractivity contribution in [1.82, 2.24) is 19.4 Å². The van der Waals surface area contributed by atoms with Gasteiger partial charge in [-0.2, -0.15) is 0 Å². The Labute approximate surface area is 144 Å². The lowest BCUT2D eigenvalue weighted by Gasteiger charge is -2.21. The lowest BCUT2D eigenvalue weighted by molar-refractivity contribution is 0.0754. The minimum absolute atomic E-state index is 0.0623. The summed E-state index contributed by atoms with van der Waals surface area (Å²) in [5, 5.41) is 0. The maximum atomic E-state index is 12.8. The van der Waals surface area contributed by atoms with Crippen LogP contribution >= 0.6 is 0 Å². The van der Waals surface area contributed by atoms with Gasteiger partial charge in [-0.15, -0.1) is 0 Å². The molecule has 6 nitrogen and oxygen atoms in total. The second-order valence-electron chi connectivity index (χ2n) is 6.40. The molecule has 0 radical (unpaired) electrons. The molecular weight excluding hydrogens is 304 g/mol. The Morgan fingerprint density at radius 3 is 2.46 bits per heavy atom. The number of hydrogen-bond acceptors (Lipinski definition) is 3. The first-order valence-corrected chi connectivity index (χ1v) is 9.19. The summed E-state index contributed by atoms with van der Waals surface area (Å²) in [7, 11) is 1.82. The van der Waals surface area contributed by atoms with Gasteiger partial charge in [0.1, 0.15) is 5.69 Å². The van der Waals surface area contributed by atoms with E-state index in [1.807, 2.05) is 25.5 Å². The van der Waals surface area contributed by atoms with Crippen LogP contribution in [0.15, 0.2) is 0 Å². The number of aromatic nitrogens is 2. The lowest BCUT2D eigenvalue weighted by atomic mass is 10.1. The van der Waals surface area contributed by atoms with Gasteiger partial charge in [0.15, 0.2) is 5.82 Å². The molecule has 0 atom stereocenters. The van der Waals surface area contributed by atoms with E-state index in [1.54, 1.807) is 9.80 Å². The molecule has 0 fully saturated rings. The predicted octanol–water partition coefficient (Wildman–Crippen LogP) is 2.57. The van der Waals surface area contributed by atoms with Crippen molar-refractivity contribution in [3.63, 3.8) is 0 Å². The number of fused-ring (bicyclic) bond motifs is 1. The molecular formula is C18H30N4O2. The molecule has 1 aliphatic heterocycles. The lowest BCUT2D eigenvalue weighted by Crippen LogP contribution is -2.33. The summed E-state index contributed by atoms with van der Waals surface area (Å²) in [5.41, 5.74) is 1.41. The van der Waals surface area contributed by atoms with Gasteiger partial charge in [0.05, 0.1) is 5.69 Å². The number of nitrogens with zero attached hydrogens (tertiary/aromatic N) is 4. The highest BCUT2D eigenvalue weighted by Gasteiger charge is 2.30. The fourth-order valence-corrected chi connectivity index (χ4v) is 3.21. The summed E-state index contributed by atoms with van der Waals surface area (Å²) in [4.78, 5) is 33.6. The van der Waals surface area contributed by atoms with E-state index in [4.69, 9.17) is 0 Å². The van der Waals surface area contributed by atoms with E-state index in [-0.39, 0.29) is 11.8 Å². The number of hydrogen-bond donors (Lipinski definition) is 0. The largest absolute Gasteiger partial charge is 0.340 e. The molecule has 0 aliphatic carbocycles. The van der Waals surface area contributed by atoms with Crippen molar-refractivity contribution < 1.29 is 9.59 Å². The topological polar surface area (TPSA) is 58.4 Å². The van der Waals surface area contributed by atoms with Crippen LogP contribution in [-0.4, -0.2) is 57.8 Å². The van der Waals surface area contributed by atoms with Gasteiger partial charge in [-0.3, -0.25) is 9.59 Å². The number of carbonyl (C=O) groups excluding carboxylic acids is 2. The van der Waals surface area contributed by atoms with E-state index in [1.165, 1.54) is 0 Å². The van der Waals surface area contributed by atoms with Gasteiger partial charge < -0.3 is 14.4 Å². The molecule has 2 amide bonds. The van der Waals surface area contributed by atoms with Crippen LogP contribution in [0.3, 0.4) is 0 Å². The van der Waals surface area contributed by atoms with Crippen molar-refractivity contribution in [1.29, 1.82) is 0 Å². The Balaban J connectivity index is 2.36. The number of rotatable bonds is 7. The fourth-order valence-electron chi connectivity index (χ4n) is 3.21. The van der Waals surface area contributed by atoms with Gasteiger partial charge in [0, 0.05) is 33.2 Å². The molecule has 0 spiro atoms. The normalized spacial score (nSPS) is 13.5. The van der Waals surface area contributed by atoms with Gasteiger partial charge in [-0.05, 0) is 39.5 Å². The zero-order valence-corrected chi connectivity index (χ0v) is 15.5. The maximum absolute atomic E-state index is 12.8. The highest BCUT2D eigenvalue weighted by atomic mass is 16.2. The fraction of sp³-hybridized carbons (Fsp3) is 0.722. The van der Waals surface area contributed by atoms with E-state index < -0.39 is 0 Å². The van der Waals surface area contributed by atoms with Crippen LogP contribution < -0.4 is 0 Å². The Morgan fingerprint density at radius 1 is 1.12 bits per heavy atom. The van der Waals surface area contributed by atoms with Gasteiger partial charge in [-0.1, -0.05) is 13.3 Å². The molecule has 0 N–H and O–H groups in total. The molecule has 0 saturated heterocycles. The zero-order chi connectivity index (χ0) is 17.7. The first kappa shape index (κ1) is 18.5. The zero-order valence-electron chi connectivity index (χ0n) is 15.5. The van der Waals surface area contributed by atoms with Crippen molar-refractivity contribution in [2.24, 2.45) is 0 Å². The molecule has 0 unspecified atom stereocenters. The van der Waals surface area contributed by atoms with Crippen LogP contribution in [-0.2, 0) is 13.0 Å². The third-order valence-corrected chi connectivity index (χ3v) is 4.76. The summed E-state index contributed by atoms with van der Waals surface area (Å²) in [6.45, 7) is 8.84. The molecule has 0 saturated carbocycles. The molecule has 24 heavy (non-hydrogen) atoms. The Hall–Kier alpha value is -1.85. The van der Waals surface area contributed by atoms with Crippen molar-refractivity contribution in [3.8, 4) is 0 Å². The van der Waals surface area contributed by atoms with Crippen LogP contribution in [0.25, 0.3) is 0 Å². The number of carbonyl (C=O) groups is 2. The SMILES string of the molecule is CCCCN(C)C(=O)c1nc(C(=O)N(CC)CC)n2c1CCCC2. The van der Waals surface area contributed by atoms with E-state index in [9.17, 15) is 9.59 Å². The van der Waals surface area contributed by atoms with Gasteiger partial charge in [0.2, 0.25) is 0 Å². The van der Waals surface area contributed by atoms with Crippen LogP contribution in [0.5, 0.6) is 0 Å². The molecule has 1 aromatic heterocycles. The summed E-state index contributed by atoms with van der Waals surface area (Å²) < 4.78 is 1.98. The number of amides is 2. The van der Waals surface area contributed by atoms with Crippen molar-refractivity contribution in [3.05, 3.63) is 17.2 Å². The number of imidazole rings is 1. The predicted molar refractivity (Wildman–Crippen MR) is 94.3 cm³/mol. The molecule has 6 heteroatoms. The Kier molecular flexibility index (Phi) is 6.40. The van der Waals surface area contributed by atoms with Crippen LogP contribution in [0.1, 0.15) is 73.3 Å². The maximum Gasteiger partial charge on any atom is 0.289 e. The Bertz CT molecular complexity index is 590. The van der Waals surface area contributed by atoms with E-state index in [2.05, 4.69) is 11.9 Å². The average molecular weight is 334 g/mol. The van der Waals surface area contributed by atoms with Crippen molar-refractivity contribution >= 4 is 11.8 Å². The Morgan fingerprint density at radius 2 is 1.83 bits per heavy atom. The summed E-state index contributed by atoms with van der Waals surface area (Å²) in [6, 6.07) is 0. The first-order valence-electron chi connectivity index (χ1n) is 9.19. The quantitative estimate of drug-likeness (QED) is 0.770. The van der Waals surface area contributed by atoms with Crippen LogP contribution in [0, 0.1) is 0 Å². The van der Waals surface area contributed by atoms with E-state index in [0.717, 1.165) is 50.9 Å². The van der Waals surface area contributed by atoms with Gasteiger partial charge >= 0.3 is 0 Å². The second-order valence-corrected chi connectivity index (χ2v) is 6.40. The highest BCUT2D eigenvalue weighted by molar-refractivity contribution is 5.97. The van der Waals surface area contributed by atoms with Crippen molar-refractivity contribution in [2.75, 3.05) is 26.7 Å². The minimum atomic E-state index is -0.0709.